The van der Waals surface area contributed by atoms with Gasteiger partial charge < -0.3 is 15.7 Å². The van der Waals surface area contributed by atoms with Gasteiger partial charge in [0.2, 0.25) is 5.91 Å². The molecule has 0 spiro atoms. The van der Waals surface area contributed by atoms with Gasteiger partial charge >= 0.3 is 0 Å². The molecule has 0 radical (unpaired) electrons. The molecule has 1 aromatic heterocycles. The number of amides is 2. The van der Waals surface area contributed by atoms with Crippen molar-refractivity contribution in [3.63, 3.8) is 0 Å². The fourth-order valence-electron chi connectivity index (χ4n) is 1.88. The van der Waals surface area contributed by atoms with Crippen LogP contribution in [0, 0.1) is 0 Å². The highest BCUT2D eigenvalue weighted by molar-refractivity contribution is 6.29. The summed E-state index contributed by atoms with van der Waals surface area (Å²) >= 11 is 5.57. The fourth-order valence-corrected chi connectivity index (χ4v) is 1.98. The molecule has 2 amide bonds. The van der Waals surface area contributed by atoms with E-state index in [1.165, 1.54) is 17.3 Å². The molecule has 2 atom stereocenters. The van der Waals surface area contributed by atoms with Gasteiger partial charge in [0.15, 0.2) is 0 Å². The number of carbonyl (C=O) groups excluding carboxylic acids is 2. The average molecular weight is 271 g/mol. The summed E-state index contributed by atoms with van der Waals surface area (Å²) in [5.74, 6) is -1.15. The van der Waals surface area contributed by atoms with Crippen molar-refractivity contribution in [3.8, 4) is 0 Å². The van der Waals surface area contributed by atoms with E-state index in [1.807, 2.05) is 0 Å². The zero-order chi connectivity index (χ0) is 13.3. The molecule has 0 saturated carbocycles. The van der Waals surface area contributed by atoms with Crippen LogP contribution in [0.3, 0.4) is 0 Å². The molecule has 1 fully saturated rings. The molecule has 2 heterocycles. The van der Waals surface area contributed by atoms with E-state index in [2.05, 4.69) is 9.97 Å². The van der Waals surface area contributed by atoms with Crippen molar-refractivity contribution in [2.24, 2.45) is 5.73 Å². The molecule has 1 aliphatic rings. The summed E-state index contributed by atoms with van der Waals surface area (Å²) in [6.07, 6.45) is 1.84. The summed E-state index contributed by atoms with van der Waals surface area (Å²) in [6.45, 7) is 0.0523. The number of hydrogen-bond donors (Lipinski definition) is 2. The summed E-state index contributed by atoms with van der Waals surface area (Å²) in [5, 5.41) is 9.67. The zero-order valence-corrected chi connectivity index (χ0v) is 10.0. The Labute approximate surface area is 108 Å². The summed E-state index contributed by atoms with van der Waals surface area (Å²) in [4.78, 5) is 32.0. The second-order valence-corrected chi connectivity index (χ2v) is 4.38. The van der Waals surface area contributed by atoms with E-state index >= 15 is 0 Å². The van der Waals surface area contributed by atoms with Crippen molar-refractivity contribution < 1.29 is 14.7 Å². The van der Waals surface area contributed by atoms with Crippen LogP contribution in [-0.4, -0.2) is 50.5 Å². The van der Waals surface area contributed by atoms with Gasteiger partial charge in [-0.1, -0.05) is 11.6 Å². The molecule has 2 unspecified atom stereocenters. The molecule has 96 valence electrons. The van der Waals surface area contributed by atoms with Crippen LogP contribution in [-0.2, 0) is 4.79 Å². The summed E-state index contributed by atoms with van der Waals surface area (Å²) in [5.41, 5.74) is 5.24. The summed E-state index contributed by atoms with van der Waals surface area (Å²) < 4.78 is 0. The van der Waals surface area contributed by atoms with Crippen LogP contribution >= 0.6 is 11.6 Å². The Morgan fingerprint density at radius 1 is 1.44 bits per heavy atom. The van der Waals surface area contributed by atoms with Crippen molar-refractivity contribution in [2.45, 2.75) is 18.6 Å². The lowest BCUT2D eigenvalue weighted by atomic mass is 10.2. The topological polar surface area (TPSA) is 109 Å². The predicted octanol–water partition coefficient (Wildman–Crippen LogP) is -0.809. The minimum atomic E-state index is -0.815. The Kier molecular flexibility index (Phi) is 3.44. The van der Waals surface area contributed by atoms with E-state index in [-0.39, 0.29) is 23.8 Å². The van der Waals surface area contributed by atoms with Gasteiger partial charge in [0.1, 0.15) is 16.9 Å². The summed E-state index contributed by atoms with van der Waals surface area (Å²) in [7, 11) is 0. The largest absolute Gasteiger partial charge is 0.391 e. The monoisotopic (exact) mass is 270 g/mol. The Hall–Kier alpha value is -1.73. The average Bonchev–Trinajstić information content (AvgIpc) is 2.71. The molecule has 3 N–H and O–H groups in total. The van der Waals surface area contributed by atoms with Gasteiger partial charge in [0.05, 0.1) is 18.5 Å². The Morgan fingerprint density at radius 3 is 2.72 bits per heavy atom. The first-order valence-electron chi connectivity index (χ1n) is 5.25. The van der Waals surface area contributed by atoms with Crippen molar-refractivity contribution >= 4 is 23.4 Å². The van der Waals surface area contributed by atoms with Gasteiger partial charge in [0.25, 0.3) is 5.91 Å². The molecule has 1 aliphatic heterocycles. The lowest BCUT2D eigenvalue weighted by Crippen LogP contribution is -2.44. The zero-order valence-electron chi connectivity index (χ0n) is 9.28. The van der Waals surface area contributed by atoms with Crippen molar-refractivity contribution in [1.29, 1.82) is 0 Å². The molecular weight excluding hydrogens is 260 g/mol. The normalized spacial score (nSPS) is 23.1. The SMILES string of the molecule is NC(=O)C1CC(O)CN1C(=O)c1cnc(Cl)cn1. The quantitative estimate of drug-likeness (QED) is 0.730. The highest BCUT2D eigenvalue weighted by Gasteiger charge is 2.38. The number of β-amino-alcohol motifs (C(OH)–C–C–N with tert-alkyl or cyclic N) is 1. The molecule has 1 saturated heterocycles. The van der Waals surface area contributed by atoms with Gasteiger partial charge in [-0.05, 0) is 0 Å². The Balaban J connectivity index is 2.22. The number of carbonyl (C=O) groups is 2. The van der Waals surface area contributed by atoms with Crippen LogP contribution in [0.15, 0.2) is 12.4 Å². The lowest BCUT2D eigenvalue weighted by Gasteiger charge is -2.21. The predicted molar refractivity (Wildman–Crippen MR) is 61.7 cm³/mol. The Morgan fingerprint density at radius 2 is 2.17 bits per heavy atom. The van der Waals surface area contributed by atoms with Crippen molar-refractivity contribution in [1.82, 2.24) is 14.9 Å². The number of nitrogens with two attached hydrogens (primary N) is 1. The first-order valence-corrected chi connectivity index (χ1v) is 5.62. The molecule has 8 heteroatoms. The highest BCUT2D eigenvalue weighted by Crippen LogP contribution is 2.19. The second kappa shape index (κ2) is 4.87. The highest BCUT2D eigenvalue weighted by atomic mass is 35.5. The van der Waals surface area contributed by atoms with Gasteiger partial charge in [-0.15, -0.1) is 0 Å². The molecule has 1 aromatic rings. The number of likely N-dealkylation sites (tertiary alicyclic amines) is 1. The third kappa shape index (κ3) is 2.41. The third-order valence-electron chi connectivity index (χ3n) is 2.71. The number of rotatable bonds is 2. The maximum Gasteiger partial charge on any atom is 0.274 e. The number of aliphatic hydroxyl groups excluding tert-OH is 1. The second-order valence-electron chi connectivity index (χ2n) is 3.99. The molecule has 7 nitrogen and oxygen atoms in total. The van der Waals surface area contributed by atoms with E-state index in [1.54, 1.807) is 0 Å². The first-order chi connectivity index (χ1) is 8.49. The molecule has 0 bridgehead atoms. The van der Waals surface area contributed by atoms with Crippen LogP contribution in [0.5, 0.6) is 0 Å². The molecule has 2 rings (SSSR count). The van der Waals surface area contributed by atoms with E-state index < -0.39 is 24.0 Å². The first kappa shape index (κ1) is 12.7. The number of aliphatic hydroxyl groups is 1. The van der Waals surface area contributed by atoms with Gasteiger partial charge in [-0.3, -0.25) is 9.59 Å². The maximum atomic E-state index is 12.1. The number of hydrogen-bond acceptors (Lipinski definition) is 5. The number of nitrogens with zero attached hydrogens (tertiary/aromatic N) is 3. The van der Waals surface area contributed by atoms with Crippen molar-refractivity contribution in [2.75, 3.05) is 6.54 Å². The van der Waals surface area contributed by atoms with Crippen LogP contribution in [0.2, 0.25) is 5.15 Å². The number of primary amides is 1. The smallest absolute Gasteiger partial charge is 0.274 e. The number of aromatic nitrogens is 2. The Bertz CT molecular complexity index is 479. The van der Waals surface area contributed by atoms with E-state index in [9.17, 15) is 14.7 Å². The standard InChI is InChI=1S/C10H11ClN4O3/c11-8-3-13-6(2-14-8)10(18)15-4-5(16)1-7(15)9(12)17/h2-3,5,7,16H,1,4H2,(H2,12,17). The maximum absolute atomic E-state index is 12.1. The lowest BCUT2D eigenvalue weighted by molar-refractivity contribution is -0.121. The molecular formula is C10H11ClN4O3. The van der Waals surface area contributed by atoms with Gasteiger partial charge in [0, 0.05) is 13.0 Å². The molecule has 18 heavy (non-hydrogen) atoms. The van der Waals surface area contributed by atoms with Crippen LogP contribution in [0.1, 0.15) is 16.9 Å². The van der Waals surface area contributed by atoms with Gasteiger partial charge in [-0.2, -0.15) is 0 Å². The van der Waals surface area contributed by atoms with Crippen LogP contribution in [0.25, 0.3) is 0 Å². The third-order valence-corrected chi connectivity index (χ3v) is 2.90. The van der Waals surface area contributed by atoms with Crippen LogP contribution in [0.4, 0.5) is 0 Å². The van der Waals surface area contributed by atoms with Crippen LogP contribution < -0.4 is 5.73 Å². The van der Waals surface area contributed by atoms with Gasteiger partial charge in [-0.25, -0.2) is 9.97 Å². The van der Waals surface area contributed by atoms with E-state index in [0.717, 1.165) is 0 Å². The van der Waals surface area contributed by atoms with E-state index in [4.69, 9.17) is 17.3 Å². The summed E-state index contributed by atoms with van der Waals surface area (Å²) in [6, 6.07) is -0.815. The van der Waals surface area contributed by atoms with E-state index in [0.29, 0.717) is 0 Å². The molecule has 0 aromatic carbocycles. The number of halogens is 1. The molecule has 0 aliphatic carbocycles. The minimum Gasteiger partial charge on any atom is -0.391 e. The fraction of sp³-hybridized carbons (Fsp3) is 0.400. The van der Waals surface area contributed by atoms with Crippen molar-refractivity contribution in [3.05, 3.63) is 23.2 Å². The minimum absolute atomic E-state index is 0.0523.